The number of halogens is 1. The lowest BCUT2D eigenvalue weighted by Crippen LogP contribution is -1.96. The van der Waals surface area contributed by atoms with E-state index < -0.39 is 0 Å². The molecule has 3 aromatic heterocycles. The Hall–Kier alpha value is -2.73. The Labute approximate surface area is 166 Å². The number of methoxy groups -OCH3 is 1. The van der Waals surface area contributed by atoms with Crippen LogP contribution in [-0.2, 0) is 19.3 Å². The van der Waals surface area contributed by atoms with Gasteiger partial charge >= 0.3 is 0 Å². The second-order valence-corrected chi connectivity index (χ2v) is 7.30. The van der Waals surface area contributed by atoms with Crippen LogP contribution in [0, 0.1) is 0 Å². The van der Waals surface area contributed by atoms with E-state index in [4.69, 9.17) is 4.74 Å². The van der Waals surface area contributed by atoms with Crippen LogP contribution in [0.2, 0.25) is 0 Å². The number of aromatic nitrogens is 4. The van der Waals surface area contributed by atoms with Gasteiger partial charge in [-0.1, -0.05) is 28.1 Å². The Balaban J connectivity index is 1.47. The van der Waals surface area contributed by atoms with Crippen molar-refractivity contribution in [1.82, 2.24) is 19.9 Å². The Kier molecular flexibility index (Phi) is 5.16. The molecule has 0 unspecified atom stereocenters. The van der Waals surface area contributed by atoms with Crippen molar-refractivity contribution >= 4 is 27.1 Å². The van der Waals surface area contributed by atoms with E-state index in [1.165, 1.54) is 5.56 Å². The lowest BCUT2D eigenvalue weighted by molar-refractivity contribution is 0.413. The first-order valence-corrected chi connectivity index (χ1v) is 9.56. The first-order chi connectivity index (χ1) is 13.2. The molecule has 0 spiro atoms. The highest BCUT2D eigenvalue weighted by atomic mass is 79.9. The lowest BCUT2D eigenvalue weighted by atomic mass is 10.1. The van der Waals surface area contributed by atoms with Gasteiger partial charge in [0.25, 0.3) is 0 Å². The molecular formula is C21H19BrN4O. The highest BCUT2D eigenvalue weighted by Crippen LogP contribution is 2.17. The zero-order valence-corrected chi connectivity index (χ0v) is 16.5. The van der Waals surface area contributed by atoms with E-state index in [2.05, 4.69) is 66.2 Å². The van der Waals surface area contributed by atoms with Crippen LogP contribution in [0.15, 0.2) is 59.3 Å². The second kappa shape index (κ2) is 7.88. The molecule has 0 radical (unpaired) electrons. The number of ether oxygens (including phenoxy) is 1. The topological polar surface area (TPSA) is 63.7 Å². The number of benzene rings is 1. The molecule has 136 valence electrons. The molecule has 4 rings (SSSR count). The molecule has 0 aliphatic carbocycles. The largest absolute Gasteiger partial charge is 0.497 e. The summed E-state index contributed by atoms with van der Waals surface area (Å²) in [6.07, 6.45) is 6.08. The number of hydrogen-bond donors (Lipinski definition) is 1. The molecule has 1 N–H and O–H groups in total. The number of nitrogens with one attached hydrogen (secondary N) is 1. The first-order valence-electron chi connectivity index (χ1n) is 8.76. The number of rotatable bonds is 6. The minimum atomic E-state index is 0.753. The van der Waals surface area contributed by atoms with Gasteiger partial charge in [-0.3, -0.25) is 4.98 Å². The summed E-state index contributed by atoms with van der Waals surface area (Å²) in [5, 5.41) is 0. The number of imidazole rings is 1. The normalized spacial score (nSPS) is 11.0. The van der Waals surface area contributed by atoms with Crippen molar-refractivity contribution in [2.24, 2.45) is 0 Å². The van der Waals surface area contributed by atoms with Gasteiger partial charge in [0.1, 0.15) is 11.6 Å². The maximum Gasteiger partial charge on any atom is 0.177 e. The molecular weight excluding hydrogens is 404 g/mol. The summed E-state index contributed by atoms with van der Waals surface area (Å²) in [5.41, 5.74) is 5.12. The number of nitrogens with zero attached hydrogens (tertiary/aromatic N) is 3. The molecule has 0 fully saturated rings. The van der Waals surface area contributed by atoms with E-state index in [0.717, 1.165) is 57.7 Å². The van der Waals surface area contributed by atoms with Crippen LogP contribution in [0.3, 0.4) is 0 Å². The SMILES string of the molecule is COc1ccnc(CCc2nc3ncc(Cc4ccc(Br)cc4)cc3[nH]2)c1. The number of aromatic amines is 1. The number of pyridine rings is 2. The molecule has 0 saturated carbocycles. The third kappa shape index (κ3) is 4.34. The van der Waals surface area contributed by atoms with Gasteiger partial charge in [-0.25, -0.2) is 9.97 Å². The molecule has 4 aromatic rings. The van der Waals surface area contributed by atoms with E-state index in [-0.39, 0.29) is 0 Å². The molecule has 0 amide bonds. The third-order valence-corrected chi connectivity index (χ3v) is 4.93. The molecule has 0 atom stereocenters. The van der Waals surface area contributed by atoms with Gasteiger partial charge in [0.15, 0.2) is 5.65 Å². The monoisotopic (exact) mass is 422 g/mol. The molecule has 0 bridgehead atoms. The van der Waals surface area contributed by atoms with Crippen LogP contribution in [-0.4, -0.2) is 27.0 Å². The molecule has 5 nitrogen and oxygen atoms in total. The maximum atomic E-state index is 5.25. The van der Waals surface area contributed by atoms with Crippen molar-refractivity contribution in [3.63, 3.8) is 0 Å². The highest BCUT2D eigenvalue weighted by molar-refractivity contribution is 9.10. The van der Waals surface area contributed by atoms with Crippen LogP contribution in [0.25, 0.3) is 11.2 Å². The Morgan fingerprint density at radius 1 is 1.00 bits per heavy atom. The summed E-state index contributed by atoms with van der Waals surface area (Å²) in [6, 6.07) is 14.3. The quantitative estimate of drug-likeness (QED) is 0.496. The predicted molar refractivity (Wildman–Crippen MR) is 109 cm³/mol. The lowest BCUT2D eigenvalue weighted by Gasteiger charge is -2.02. The molecule has 3 heterocycles. The highest BCUT2D eigenvalue weighted by Gasteiger charge is 2.07. The van der Waals surface area contributed by atoms with Crippen molar-refractivity contribution in [1.29, 1.82) is 0 Å². The Morgan fingerprint density at radius 3 is 2.67 bits per heavy atom. The smallest absolute Gasteiger partial charge is 0.177 e. The summed E-state index contributed by atoms with van der Waals surface area (Å²) in [6.45, 7) is 0. The van der Waals surface area contributed by atoms with Gasteiger partial charge in [-0.15, -0.1) is 0 Å². The van der Waals surface area contributed by atoms with Gasteiger partial charge < -0.3 is 9.72 Å². The maximum absolute atomic E-state index is 5.25. The van der Waals surface area contributed by atoms with E-state index in [9.17, 15) is 0 Å². The van der Waals surface area contributed by atoms with E-state index in [1.807, 2.05) is 18.3 Å². The van der Waals surface area contributed by atoms with Crippen molar-refractivity contribution < 1.29 is 4.74 Å². The van der Waals surface area contributed by atoms with Gasteiger partial charge in [0.05, 0.1) is 12.6 Å². The Bertz CT molecular complexity index is 1060. The molecule has 0 aliphatic rings. The summed E-state index contributed by atoms with van der Waals surface area (Å²) in [5.74, 6) is 1.74. The van der Waals surface area contributed by atoms with Crippen molar-refractivity contribution in [3.8, 4) is 5.75 Å². The first kappa shape index (κ1) is 17.7. The van der Waals surface area contributed by atoms with Crippen LogP contribution in [0.4, 0.5) is 0 Å². The molecule has 0 aliphatic heterocycles. The number of fused-ring (bicyclic) bond motifs is 1. The van der Waals surface area contributed by atoms with Gasteiger partial charge in [0.2, 0.25) is 0 Å². The average Bonchev–Trinajstić information content (AvgIpc) is 3.10. The fraction of sp³-hybridized carbons (Fsp3) is 0.190. The molecule has 1 aromatic carbocycles. The standard InChI is InChI=1S/C21H19BrN4O/c1-27-18-8-9-23-17(12-18)6-7-20-25-19-11-15(13-24-21(19)26-20)10-14-2-4-16(22)5-3-14/h2-5,8-9,11-13H,6-7,10H2,1H3,(H,24,25,26). The predicted octanol–water partition coefficient (Wildman–Crippen LogP) is 4.50. The fourth-order valence-corrected chi connectivity index (χ4v) is 3.28. The van der Waals surface area contributed by atoms with Gasteiger partial charge in [0, 0.05) is 35.0 Å². The van der Waals surface area contributed by atoms with Crippen LogP contribution < -0.4 is 4.74 Å². The summed E-state index contributed by atoms with van der Waals surface area (Å²) in [7, 11) is 1.66. The number of hydrogen-bond acceptors (Lipinski definition) is 4. The van der Waals surface area contributed by atoms with Crippen LogP contribution >= 0.6 is 15.9 Å². The summed E-state index contributed by atoms with van der Waals surface area (Å²) >= 11 is 3.47. The molecule has 27 heavy (non-hydrogen) atoms. The second-order valence-electron chi connectivity index (χ2n) is 6.39. The number of H-pyrrole nitrogens is 1. The minimum absolute atomic E-state index is 0.753. The van der Waals surface area contributed by atoms with Gasteiger partial charge in [-0.05, 0) is 48.2 Å². The van der Waals surface area contributed by atoms with E-state index in [1.54, 1.807) is 13.3 Å². The van der Waals surface area contributed by atoms with E-state index >= 15 is 0 Å². The van der Waals surface area contributed by atoms with Crippen molar-refractivity contribution in [2.45, 2.75) is 19.3 Å². The van der Waals surface area contributed by atoms with E-state index in [0.29, 0.717) is 0 Å². The van der Waals surface area contributed by atoms with Crippen molar-refractivity contribution in [2.75, 3.05) is 7.11 Å². The number of aryl methyl sites for hydroxylation is 2. The van der Waals surface area contributed by atoms with Crippen molar-refractivity contribution in [3.05, 3.63) is 82.0 Å². The zero-order chi connectivity index (χ0) is 18.6. The summed E-state index contributed by atoms with van der Waals surface area (Å²) in [4.78, 5) is 16.9. The molecule has 0 saturated heterocycles. The Morgan fingerprint density at radius 2 is 1.85 bits per heavy atom. The summed E-state index contributed by atoms with van der Waals surface area (Å²) < 4.78 is 6.33. The third-order valence-electron chi connectivity index (χ3n) is 4.41. The van der Waals surface area contributed by atoms with Gasteiger partial charge in [-0.2, -0.15) is 0 Å². The fourth-order valence-electron chi connectivity index (χ4n) is 3.01. The average molecular weight is 423 g/mol. The molecule has 6 heteroatoms. The van der Waals surface area contributed by atoms with Crippen LogP contribution in [0.5, 0.6) is 5.75 Å². The van der Waals surface area contributed by atoms with Crippen LogP contribution in [0.1, 0.15) is 22.6 Å². The minimum Gasteiger partial charge on any atom is -0.497 e. The zero-order valence-electron chi connectivity index (χ0n) is 14.9.